The number of urea groups is 1. The summed E-state index contributed by atoms with van der Waals surface area (Å²) in [6.45, 7) is 1.58. The van der Waals surface area contributed by atoms with Crippen LogP contribution in [0.1, 0.15) is 12.0 Å². The van der Waals surface area contributed by atoms with E-state index < -0.39 is 20.9 Å². The first-order chi connectivity index (χ1) is 12.8. The second kappa shape index (κ2) is 6.65. The highest BCUT2D eigenvalue weighted by Crippen LogP contribution is 2.45. The monoisotopic (exact) mass is 395 g/mol. The van der Waals surface area contributed by atoms with Crippen LogP contribution in [-0.2, 0) is 21.2 Å². The SMILES string of the molecule is COc1ccc(CCNC(=O)N2C[C@H]3C[C@H]4[C@](C2)(CN(C)S4(=O)=O)O3)cc1. The van der Waals surface area contributed by atoms with E-state index in [9.17, 15) is 13.2 Å². The van der Waals surface area contributed by atoms with Gasteiger partial charge in [-0.3, -0.25) is 0 Å². The number of hydrogen-bond donors (Lipinski definition) is 1. The number of likely N-dealkylation sites (tertiary alicyclic amines) is 1. The van der Waals surface area contributed by atoms with Crippen molar-refractivity contribution in [1.82, 2.24) is 14.5 Å². The molecule has 3 saturated heterocycles. The van der Waals surface area contributed by atoms with E-state index in [2.05, 4.69) is 5.32 Å². The van der Waals surface area contributed by atoms with E-state index in [1.54, 1.807) is 19.1 Å². The van der Waals surface area contributed by atoms with Crippen molar-refractivity contribution in [3.63, 3.8) is 0 Å². The predicted octanol–water partition coefficient (Wildman–Crippen LogP) is 0.434. The lowest BCUT2D eigenvalue weighted by molar-refractivity contribution is -0.0943. The van der Waals surface area contributed by atoms with Gasteiger partial charge in [0, 0.05) is 26.7 Å². The quantitative estimate of drug-likeness (QED) is 0.799. The molecule has 1 spiro atoms. The fourth-order valence-electron chi connectivity index (χ4n) is 4.43. The Kier molecular flexibility index (Phi) is 4.56. The zero-order valence-corrected chi connectivity index (χ0v) is 16.4. The van der Waals surface area contributed by atoms with Gasteiger partial charge in [-0.25, -0.2) is 17.5 Å². The molecule has 0 aliphatic carbocycles. The van der Waals surface area contributed by atoms with Crippen LogP contribution in [0.25, 0.3) is 0 Å². The number of carbonyl (C=O) groups excluding carboxylic acids is 1. The molecule has 2 amide bonds. The Balaban J connectivity index is 1.35. The maximum atomic E-state index is 12.6. The summed E-state index contributed by atoms with van der Waals surface area (Å²) in [5.41, 5.74) is 0.324. The standard InChI is InChI=1S/C18H25N3O5S/c1-20-11-18-12-21(10-15(26-18)9-16(18)27(20,23)24)17(22)19-8-7-13-3-5-14(25-2)6-4-13/h3-6,15-16H,7-12H2,1-2H3,(H,19,22)/t15-,16+,18-/m1/s1. The van der Waals surface area contributed by atoms with E-state index in [0.717, 1.165) is 11.3 Å². The summed E-state index contributed by atoms with van der Waals surface area (Å²) in [6, 6.07) is 7.58. The number of methoxy groups -OCH3 is 1. The molecule has 27 heavy (non-hydrogen) atoms. The minimum Gasteiger partial charge on any atom is -0.497 e. The molecule has 3 aliphatic heterocycles. The summed E-state index contributed by atoms with van der Waals surface area (Å²) < 4.78 is 37.5. The van der Waals surface area contributed by atoms with Crippen LogP contribution < -0.4 is 10.1 Å². The molecule has 3 fully saturated rings. The molecule has 3 atom stereocenters. The Morgan fingerprint density at radius 3 is 2.78 bits per heavy atom. The Hall–Kier alpha value is -1.84. The number of likely N-dealkylation sites (N-methyl/N-ethyl adjacent to an activating group) is 1. The Labute approximate surface area is 159 Å². The minimum absolute atomic E-state index is 0.163. The maximum Gasteiger partial charge on any atom is 0.317 e. The number of morpholine rings is 1. The number of sulfonamides is 1. The van der Waals surface area contributed by atoms with E-state index in [4.69, 9.17) is 9.47 Å². The smallest absolute Gasteiger partial charge is 0.317 e. The van der Waals surface area contributed by atoms with Crippen LogP contribution in [0.15, 0.2) is 24.3 Å². The first kappa shape index (κ1) is 18.5. The second-order valence-electron chi connectivity index (χ2n) is 7.54. The van der Waals surface area contributed by atoms with Crippen molar-refractivity contribution in [2.45, 2.75) is 29.8 Å². The molecule has 1 N–H and O–H groups in total. The number of fused-ring (bicyclic) bond motifs is 1. The molecule has 0 radical (unpaired) electrons. The number of benzene rings is 1. The van der Waals surface area contributed by atoms with E-state index in [0.29, 0.717) is 39.0 Å². The zero-order valence-electron chi connectivity index (χ0n) is 15.6. The summed E-state index contributed by atoms with van der Waals surface area (Å²) in [5, 5.41) is 2.40. The number of carbonyl (C=O) groups is 1. The highest BCUT2D eigenvalue weighted by Gasteiger charge is 2.64. The van der Waals surface area contributed by atoms with Crippen LogP contribution in [0.4, 0.5) is 4.79 Å². The molecule has 4 rings (SSSR count). The molecule has 3 aliphatic rings. The van der Waals surface area contributed by atoms with Crippen LogP contribution in [0.3, 0.4) is 0 Å². The van der Waals surface area contributed by atoms with Crippen molar-refractivity contribution in [3.8, 4) is 5.75 Å². The first-order valence-corrected chi connectivity index (χ1v) is 10.6. The van der Waals surface area contributed by atoms with Crippen LogP contribution in [0.2, 0.25) is 0 Å². The number of rotatable bonds is 4. The van der Waals surface area contributed by atoms with Gasteiger partial charge in [-0.15, -0.1) is 0 Å². The second-order valence-corrected chi connectivity index (χ2v) is 9.76. The van der Waals surface area contributed by atoms with Crippen LogP contribution in [0.5, 0.6) is 5.75 Å². The molecular formula is C18H25N3O5S. The van der Waals surface area contributed by atoms with Crippen molar-refractivity contribution in [3.05, 3.63) is 29.8 Å². The summed E-state index contributed by atoms with van der Waals surface area (Å²) in [6.07, 6.45) is 0.969. The molecular weight excluding hydrogens is 370 g/mol. The minimum atomic E-state index is -3.33. The molecule has 8 nitrogen and oxygen atoms in total. The lowest BCUT2D eigenvalue weighted by Crippen LogP contribution is -2.58. The van der Waals surface area contributed by atoms with Gasteiger partial charge < -0.3 is 19.7 Å². The summed E-state index contributed by atoms with van der Waals surface area (Å²) in [4.78, 5) is 14.3. The number of nitrogens with zero attached hydrogens (tertiary/aromatic N) is 2. The van der Waals surface area contributed by atoms with Gasteiger partial charge in [0.1, 0.15) is 16.6 Å². The van der Waals surface area contributed by atoms with E-state index in [1.165, 1.54) is 4.31 Å². The highest BCUT2D eigenvalue weighted by atomic mass is 32.2. The molecule has 148 valence electrons. The summed E-state index contributed by atoms with van der Waals surface area (Å²) in [7, 11) is -0.129. The normalized spacial score (nSPS) is 31.6. The van der Waals surface area contributed by atoms with E-state index in [-0.39, 0.29) is 12.1 Å². The average molecular weight is 395 g/mol. The topological polar surface area (TPSA) is 88.2 Å². The molecule has 3 heterocycles. The first-order valence-electron chi connectivity index (χ1n) is 9.13. The lowest BCUT2D eigenvalue weighted by Gasteiger charge is -2.39. The fourth-order valence-corrected chi connectivity index (χ4v) is 6.47. The van der Waals surface area contributed by atoms with Crippen LogP contribution in [-0.4, -0.2) is 80.9 Å². The van der Waals surface area contributed by atoms with E-state index in [1.807, 2.05) is 24.3 Å². The van der Waals surface area contributed by atoms with Gasteiger partial charge in [0.25, 0.3) is 0 Å². The Morgan fingerprint density at radius 2 is 2.07 bits per heavy atom. The summed E-state index contributed by atoms with van der Waals surface area (Å²) in [5.74, 6) is 0.803. The third-order valence-electron chi connectivity index (χ3n) is 5.77. The van der Waals surface area contributed by atoms with Gasteiger partial charge in [-0.2, -0.15) is 0 Å². The van der Waals surface area contributed by atoms with Gasteiger partial charge in [0.15, 0.2) is 0 Å². The third kappa shape index (κ3) is 3.17. The van der Waals surface area contributed by atoms with Gasteiger partial charge in [-0.05, 0) is 30.5 Å². The number of hydrogen-bond acceptors (Lipinski definition) is 5. The molecule has 0 saturated carbocycles. The lowest BCUT2D eigenvalue weighted by atomic mass is 9.99. The third-order valence-corrected chi connectivity index (χ3v) is 8.11. The van der Waals surface area contributed by atoms with Gasteiger partial charge in [0.2, 0.25) is 10.0 Å². The van der Waals surface area contributed by atoms with Crippen LogP contribution >= 0.6 is 0 Å². The van der Waals surface area contributed by atoms with Gasteiger partial charge in [-0.1, -0.05) is 12.1 Å². The average Bonchev–Trinajstić information content (AvgIpc) is 3.00. The van der Waals surface area contributed by atoms with Crippen molar-refractivity contribution in [2.75, 3.05) is 40.3 Å². The van der Waals surface area contributed by atoms with E-state index >= 15 is 0 Å². The number of nitrogens with one attached hydrogen (secondary N) is 1. The van der Waals surface area contributed by atoms with Crippen LogP contribution in [0, 0.1) is 0 Å². The highest BCUT2D eigenvalue weighted by molar-refractivity contribution is 7.90. The molecule has 9 heteroatoms. The zero-order chi connectivity index (χ0) is 19.2. The van der Waals surface area contributed by atoms with Crippen molar-refractivity contribution >= 4 is 16.1 Å². The Morgan fingerprint density at radius 1 is 1.33 bits per heavy atom. The fraction of sp³-hybridized carbons (Fsp3) is 0.611. The molecule has 0 unspecified atom stereocenters. The van der Waals surface area contributed by atoms with Gasteiger partial charge in [0.05, 0.1) is 19.8 Å². The number of ether oxygens (including phenoxy) is 2. The van der Waals surface area contributed by atoms with Crippen molar-refractivity contribution < 1.29 is 22.7 Å². The predicted molar refractivity (Wildman–Crippen MR) is 99.2 cm³/mol. The Bertz CT molecular complexity index is 828. The largest absolute Gasteiger partial charge is 0.497 e. The number of amides is 2. The molecule has 2 bridgehead atoms. The van der Waals surface area contributed by atoms with Gasteiger partial charge >= 0.3 is 6.03 Å². The molecule has 0 aromatic heterocycles. The molecule has 1 aromatic carbocycles. The molecule has 1 aromatic rings. The summed E-state index contributed by atoms with van der Waals surface area (Å²) >= 11 is 0. The maximum absolute atomic E-state index is 12.6. The van der Waals surface area contributed by atoms with Crippen molar-refractivity contribution in [2.24, 2.45) is 0 Å². The van der Waals surface area contributed by atoms with Crippen molar-refractivity contribution in [1.29, 1.82) is 0 Å².